The third-order valence-electron chi connectivity index (χ3n) is 3.75. The summed E-state index contributed by atoms with van der Waals surface area (Å²) in [4.78, 5) is 22.5. The van der Waals surface area contributed by atoms with Crippen LogP contribution in [0.25, 0.3) is 0 Å². The Morgan fingerprint density at radius 2 is 2.00 bits per heavy atom. The molecule has 0 aliphatic heterocycles. The quantitative estimate of drug-likeness (QED) is 0.652. The molecule has 0 heterocycles. The lowest BCUT2D eigenvalue weighted by molar-refractivity contribution is -0.141. The molecule has 4 N–H and O–H groups in total. The van der Waals surface area contributed by atoms with Crippen molar-refractivity contribution in [1.82, 2.24) is 5.32 Å². The van der Waals surface area contributed by atoms with Gasteiger partial charge < -0.3 is 16.2 Å². The number of hydrogen-bond acceptors (Lipinski definition) is 3. The van der Waals surface area contributed by atoms with Gasteiger partial charge in [-0.05, 0) is 31.6 Å². The number of carbonyl (C=O) groups excluding carboxylic acids is 1. The van der Waals surface area contributed by atoms with Gasteiger partial charge in [-0.3, -0.25) is 9.59 Å². The maximum Gasteiger partial charge on any atom is 0.306 e. The fourth-order valence-electron chi connectivity index (χ4n) is 2.46. The highest BCUT2D eigenvalue weighted by Gasteiger charge is 2.32. The summed E-state index contributed by atoms with van der Waals surface area (Å²) in [5, 5.41) is 11.7. The zero-order valence-electron chi connectivity index (χ0n) is 9.89. The van der Waals surface area contributed by atoms with E-state index in [1.54, 1.807) is 0 Å². The highest BCUT2D eigenvalue weighted by Crippen LogP contribution is 2.33. The first-order valence-corrected chi connectivity index (χ1v) is 6.35. The van der Waals surface area contributed by atoms with Crippen molar-refractivity contribution in [2.45, 2.75) is 50.6 Å². The Kier molecular flexibility index (Phi) is 3.66. The van der Waals surface area contributed by atoms with Crippen LogP contribution in [0, 0.1) is 11.8 Å². The van der Waals surface area contributed by atoms with E-state index in [2.05, 4.69) is 5.32 Å². The Labute approximate surface area is 101 Å². The number of carboxylic acids is 1. The molecule has 5 heteroatoms. The van der Waals surface area contributed by atoms with Crippen LogP contribution in [0.1, 0.15) is 38.5 Å². The smallest absolute Gasteiger partial charge is 0.306 e. The van der Waals surface area contributed by atoms with Crippen LogP contribution in [-0.4, -0.2) is 29.1 Å². The topological polar surface area (TPSA) is 92.4 Å². The summed E-state index contributed by atoms with van der Waals surface area (Å²) in [6.07, 6.45) is 5.08. The summed E-state index contributed by atoms with van der Waals surface area (Å²) in [7, 11) is 0. The van der Waals surface area contributed by atoms with E-state index in [1.165, 1.54) is 12.8 Å². The normalized spacial score (nSPS) is 29.9. The van der Waals surface area contributed by atoms with E-state index < -0.39 is 12.0 Å². The number of amides is 1. The van der Waals surface area contributed by atoms with Gasteiger partial charge >= 0.3 is 5.97 Å². The molecule has 0 spiro atoms. The van der Waals surface area contributed by atoms with Crippen LogP contribution < -0.4 is 11.1 Å². The predicted molar refractivity (Wildman–Crippen MR) is 62.2 cm³/mol. The van der Waals surface area contributed by atoms with Crippen LogP contribution in [0.2, 0.25) is 0 Å². The Morgan fingerprint density at radius 3 is 2.53 bits per heavy atom. The second kappa shape index (κ2) is 5.04. The van der Waals surface area contributed by atoms with Crippen molar-refractivity contribution >= 4 is 11.9 Å². The molecule has 2 aliphatic carbocycles. The van der Waals surface area contributed by atoms with Crippen molar-refractivity contribution in [2.75, 3.05) is 0 Å². The molecule has 0 radical (unpaired) electrons. The van der Waals surface area contributed by atoms with Crippen molar-refractivity contribution in [3.05, 3.63) is 0 Å². The van der Waals surface area contributed by atoms with Gasteiger partial charge in [0, 0.05) is 6.04 Å². The summed E-state index contributed by atoms with van der Waals surface area (Å²) in [6.45, 7) is 0. The summed E-state index contributed by atoms with van der Waals surface area (Å²) in [5.41, 5.74) is 5.80. The minimum absolute atomic E-state index is 0.00569. The summed E-state index contributed by atoms with van der Waals surface area (Å²) in [5.74, 6) is -0.553. The van der Waals surface area contributed by atoms with Gasteiger partial charge in [0.2, 0.25) is 5.91 Å². The van der Waals surface area contributed by atoms with Crippen LogP contribution >= 0.6 is 0 Å². The summed E-state index contributed by atoms with van der Waals surface area (Å²) < 4.78 is 0. The van der Waals surface area contributed by atoms with Crippen molar-refractivity contribution < 1.29 is 14.7 Å². The average Bonchev–Trinajstić information content (AvgIpc) is 2.94. The number of hydrogen-bond donors (Lipinski definition) is 3. The van der Waals surface area contributed by atoms with Crippen molar-refractivity contribution in [1.29, 1.82) is 0 Å². The van der Waals surface area contributed by atoms with E-state index in [0.29, 0.717) is 18.8 Å². The van der Waals surface area contributed by atoms with Gasteiger partial charge in [0.15, 0.2) is 0 Å². The van der Waals surface area contributed by atoms with Crippen LogP contribution in [-0.2, 0) is 9.59 Å². The number of nitrogens with two attached hydrogens (primary N) is 1. The molecule has 3 atom stereocenters. The van der Waals surface area contributed by atoms with Crippen molar-refractivity contribution in [3.63, 3.8) is 0 Å². The van der Waals surface area contributed by atoms with Crippen LogP contribution in [0.3, 0.4) is 0 Å². The lowest BCUT2D eigenvalue weighted by Gasteiger charge is -2.16. The Balaban J connectivity index is 1.73. The SMILES string of the molecule is NC(CC1CC1)C(=O)N[C@H]1CC[C@@H](C(=O)O)C1. The molecule has 1 amide bonds. The summed E-state index contributed by atoms with van der Waals surface area (Å²) in [6, 6.07) is -0.430. The molecule has 0 bridgehead atoms. The zero-order chi connectivity index (χ0) is 12.4. The van der Waals surface area contributed by atoms with Crippen molar-refractivity contribution in [3.8, 4) is 0 Å². The number of aliphatic carboxylic acids is 1. The first-order valence-electron chi connectivity index (χ1n) is 6.35. The maximum absolute atomic E-state index is 11.8. The van der Waals surface area contributed by atoms with E-state index in [-0.39, 0.29) is 17.9 Å². The van der Waals surface area contributed by atoms with Gasteiger partial charge in [0.25, 0.3) is 0 Å². The third-order valence-corrected chi connectivity index (χ3v) is 3.75. The minimum Gasteiger partial charge on any atom is -0.481 e. The number of carboxylic acid groups (broad SMARTS) is 1. The third kappa shape index (κ3) is 3.43. The number of carbonyl (C=O) groups is 2. The standard InChI is InChI=1S/C12H20N2O3/c13-10(5-7-1-2-7)11(15)14-9-4-3-8(6-9)12(16)17/h7-10H,1-6,13H2,(H,14,15)(H,16,17)/t8-,9+,10?/m1/s1. The Bertz CT molecular complexity index is 315. The first kappa shape index (κ1) is 12.4. The lowest BCUT2D eigenvalue weighted by atomic mass is 10.1. The second-order valence-electron chi connectivity index (χ2n) is 5.34. The molecular formula is C12H20N2O3. The first-order chi connectivity index (χ1) is 8.06. The van der Waals surface area contributed by atoms with Crippen LogP contribution in [0.5, 0.6) is 0 Å². The lowest BCUT2D eigenvalue weighted by Crippen LogP contribution is -2.45. The van der Waals surface area contributed by atoms with E-state index in [1.807, 2.05) is 0 Å². The monoisotopic (exact) mass is 240 g/mol. The van der Waals surface area contributed by atoms with E-state index in [9.17, 15) is 9.59 Å². The van der Waals surface area contributed by atoms with Gasteiger partial charge in [-0.25, -0.2) is 0 Å². The molecule has 17 heavy (non-hydrogen) atoms. The molecule has 0 aromatic carbocycles. The van der Waals surface area contributed by atoms with Gasteiger partial charge in [0.05, 0.1) is 12.0 Å². The minimum atomic E-state index is -0.760. The molecule has 2 aliphatic rings. The number of nitrogens with one attached hydrogen (secondary N) is 1. The zero-order valence-corrected chi connectivity index (χ0v) is 9.89. The van der Waals surface area contributed by atoms with Gasteiger partial charge in [-0.2, -0.15) is 0 Å². The highest BCUT2D eigenvalue weighted by molar-refractivity contribution is 5.82. The molecule has 0 aromatic rings. The fraction of sp³-hybridized carbons (Fsp3) is 0.833. The molecule has 0 aromatic heterocycles. The molecule has 2 saturated carbocycles. The average molecular weight is 240 g/mol. The number of rotatable bonds is 5. The molecule has 1 unspecified atom stereocenters. The second-order valence-corrected chi connectivity index (χ2v) is 5.34. The molecule has 0 saturated heterocycles. The van der Waals surface area contributed by atoms with Crippen molar-refractivity contribution in [2.24, 2.45) is 17.6 Å². The molecule has 5 nitrogen and oxygen atoms in total. The van der Waals surface area contributed by atoms with Gasteiger partial charge in [-0.1, -0.05) is 12.8 Å². The van der Waals surface area contributed by atoms with Crippen LogP contribution in [0.15, 0.2) is 0 Å². The van der Waals surface area contributed by atoms with Gasteiger partial charge in [0.1, 0.15) is 0 Å². The molecule has 2 rings (SSSR count). The van der Waals surface area contributed by atoms with Crippen LogP contribution in [0.4, 0.5) is 0 Å². The largest absolute Gasteiger partial charge is 0.481 e. The van der Waals surface area contributed by atoms with E-state index in [4.69, 9.17) is 10.8 Å². The van der Waals surface area contributed by atoms with E-state index in [0.717, 1.165) is 12.8 Å². The summed E-state index contributed by atoms with van der Waals surface area (Å²) >= 11 is 0. The Hall–Kier alpha value is -1.10. The highest BCUT2D eigenvalue weighted by atomic mass is 16.4. The van der Waals surface area contributed by atoms with Gasteiger partial charge in [-0.15, -0.1) is 0 Å². The molecular weight excluding hydrogens is 220 g/mol. The molecule has 96 valence electrons. The predicted octanol–water partition coefficient (Wildman–Crippen LogP) is 0.483. The Morgan fingerprint density at radius 1 is 1.29 bits per heavy atom. The van der Waals surface area contributed by atoms with E-state index >= 15 is 0 Å². The fourth-order valence-corrected chi connectivity index (χ4v) is 2.46. The molecule has 2 fully saturated rings. The maximum atomic E-state index is 11.8.